The summed E-state index contributed by atoms with van der Waals surface area (Å²) in [5.41, 5.74) is 1.44. The number of amides is 1. The van der Waals surface area contributed by atoms with Crippen LogP contribution in [0.15, 0.2) is 48.8 Å². The largest absolute Gasteiger partial charge is 0.483 e. The van der Waals surface area contributed by atoms with Crippen LogP contribution >= 0.6 is 0 Å². The van der Waals surface area contributed by atoms with E-state index < -0.39 is 30.3 Å². The number of benzene rings is 1. The van der Waals surface area contributed by atoms with Crippen molar-refractivity contribution in [3.63, 3.8) is 0 Å². The van der Waals surface area contributed by atoms with Crippen molar-refractivity contribution in [1.29, 1.82) is 5.26 Å². The van der Waals surface area contributed by atoms with Gasteiger partial charge in [-0.05, 0) is 57.2 Å². The summed E-state index contributed by atoms with van der Waals surface area (Å²) < 4.78 is 46.4. The average Bonchev–Trinajstić information content (AvgIpc) is 3.01. The van der Waals surface area contributed by atoms with Crippen molar-refractivity contribution in [1.82, 2.24) is 24.8 Å². The maximum atomic E-state index is 15.1. The van der Waals surface area contributed by atoms with Crippen molar-refractivity contribution in [3.05, 3.63) is 54.4 Å². The summed E-state index contributed by atoms with van der Waals surface area (Å²) in [6, 6.07) is 12.9. The third-order valence-corrected chi connectivity index (χ3v) is 8.31. The number of carbonyl (C=O) groups is 1. The lowest BCUT2D eigenvalue weighted by atomic mass is 10.0. The number of pyridine rings is 1. The van der Waals surface area contributed by atoms with E-state index in [2.05, 4.69) is 30.1 Å². The maximum Gasteiger partial charge on any atom is 0.410 e. The Hall–Kier alpha value is -4.61. The second-order valence-corrected chi connectivity index (χ2v) is 12.9. The van der Waals surface area contributed by atoms with Crippen LogP contribution in [0.3, 0.4) is 0 Å². The summed E-state index contributed by atoms with van der Waals surface area (Å²) in [5.74, 6) is -2.42. The van der Waals surface area contributed by atoms with E-state index >= 15 is 8.78 Å². The molecular formula is C33H38F2N8O4. The number of anilines is 3. The Balaban J connectivity index is 1.08. The van der Waals surface area contributed by atoms with Crippen LogP contribution in [0, 0.1) is 11.3 Å². The quantitative estimate of drug-likeness (QED) is 0.383. The molecule has 47 heavy (non-hydrogen) atoms. The summed E-state index contributed by atoms with van der Waals surface area (Å²) in [5, 5.41) is 13.0. The number of alkyl halides is 2. The molecule has 0 bridgehead atoms. The van der Waals surface area contributed by atoms with Gasteiger partial charge in [0.1, 0.15) is 23.2 Å². The number of piperazine rings is 1. The monoisotopic (exact) mass is 648 g/mol. The first-order chi connectivity index (χ1) is 22.5. The standard InChI is InChI=1S/C33H38F2N8O4/c1-32(2,3)47-31(44)43-11-9-28(33(34,35)21-43)46-27-6-4-22(16-23(27)17-36)26-8-10-37-30(39-26)40-29-7-5-24(18-38-29)41-12-14-42(15-13-41)25-19-45-20-25/h4-8,10,16,18,25,28H,9,11-15,19-21H2,1-3H3,(H,37,38,39,40). The van der Waals surface area contributed by atoms with Crippen molar-refractivity contribution < 1.29 is 27.8 Å². The zero-order valence-electron chi connectivity index (χ0n) is 26.7. The Morgan fingerprint density at radius 1 is 1.09 bits per heavy atom. The van der Waals surface area contributed by atoms with Crippen LogP contribution in [0.5, 0.6) is 5.75 Å². The summed E-state index contributed by atoms with van der Waals surface area (Å²) in [4.78, 5) is 31.5. The van der Waals surface area contributed by atoms with Crippen molar-refractivity contribution in [2.24, 2.45) is 0 Å². The van der Waals surface area contributed by atoms with Gasteiger partial charge in [0.15, 0.2) is 6.10 Å². The lowest BCUT2D eigenvalue weighted by Crippen LogP contribution is -2.56. The van der Waals surface area contributed by atoms with Crippen LogP contribution in [0.1, 0.15) is 32.8 Å². The minimum atomic E-state index is -3.35. The van der Waals surface area contributed by atoms with E-state index in [-0.39, 0.29) is 24.3 Å². The topological polar surface area (TPSA) is 129 Å². The van der Waals surface area contributed by atoms with Crippen LogP contribution in [0.2, 0.25) is 0 Å². The van der Waals surface area contributed by atoms with Crippen LogP contribution in [-0.2, 0) is 9.47 Å². The van der Waals surface area contributed by atoms with Crippen LogP contribution in [0.4, 0.5) is 31.0 Å². The van der Waals surface area contributed by atoms with Gasteiger partial charge < -0.3 is 29.3 Å². The SMILES string of the molecule is CC(C)(C)OC(=O)N1CCC(Oc2ccc(-c3ccnc(Nc4ccc(N5CCN(C6COC6)CC5)cn4)n3)cc2C#N)C(F)(F)C1. The molecule has 0 aliphatic carbocycles. The van der Waals surface area contributed by atoms with Crippen LogP contribution < -0.4 is 15.0 Å². The molecule has 14 heteroatoms. The number of ether oxygens (including phenoxy) is 3. The first-order valence-electron chi connectivity index (χ1n) is 15.7. The molecule has 0 radical (unpaired) electrons. The normalized spacial score (nSPS) is 20.2. The molecule has 5 heterocycles. The number of carbonyl (C=O) groups excluding carboxylic acids is 1. The van der Waals surface area contributed by atoms with Gasteiger partial charge in [-0.15, -0.1) is 0 Å². The number of nitrogens with one attached hydrogen (secondary N) is 1. The van der Waals surface area contributed by atoms with Gasteiger partial charge in [-0.25, -0.2) is 28.5 Å². The Bertz CT molecular complexity index is 1620. The maximum absolute atomic E-state index is 15.1. The van der Waals surface area contributed by atoms with E-state index in [1.54, 1.807) is 45.2 Å². The van der Waals surface area contributed by atoms with Gasteiger partial charge in [-0.1, -0.05) is 0 Å². The molecule has 3 fully saturated rings. The molecular weight excluding hydrogens is 610 g/mol. The first-order valence-corrected chi connectivity index (χ1v) is 15.7. The molecule has 1 unspecified atom stereocenters. The van der Waals surface area contributed by atoms with E-state index in [1.807, 2.05) is 24.4 Å². The second kappa shape index (κ2) is 13.2. The number of piperidine rings is 1. The first kappa shape index (κ1) is 32.3. The molecule has 1 atom stereocenters. The number of hydrogen-bond donors (Lipinski definition) is 1. The van der Waals surface area contributed by atoms with Crippen molar-refractivity contribution in [2.45, 2.75) is 50.9 Å². The molecule has 0 spiro atoms. The fourth-order valence-electron chi connectivity index (χ4n) is 5.70. The Morgan fingerprint density at radius 2 is 1.87 bits per heavy atom. The third-order valence-electron chi connectivity index (χ3n) is 8.31. The minimum Gasteiger partial charge on any atom is -0.483 e. The van der Waals surface area contributed by atoms with E-state index in [0.717, 1.165) is 50.0 Å². The number of aromatic nitrogens is 3. The lowest BCUT2D eigenvalue weighted by molar-refractivity contribution is -0.137. The Labute approximate surface area is 272 Å². The average molecular weight is 649 g/mol. The predicted molar refractivity (Wildman–Crippen MR) is 170 cm³/mol. The highest BCUT2D eigenvalue weighted by Crippen LogP contribution is 2.34. The predicted octanol–water partition coefficient (Wildman–Crippen LogP) is 4.70. The van der Waals surface area contributed by atoms with Crippen LogP contribution in [-0.4, -0.2) is 107 Å². The molecule has 0 saturated carbocycles. The van der Waals surface area contributed by atoms with E-state index in [1.165, 1.54) is 6.07 Å². The second-order valence-electron chi connectivity index (χ2n) is 12.9. The molecule has 3 aliphatic heterocycles. The lowest BCUT2D eigenvalue weighted by Gasteiger charge is -2.43. The van der Waals surface area contributed by atoms with Crippen molar-refractivity contribution in [2.75, 3.05) is 62.7 Å². The Morgan fingerprint density at radius 3 is 2.51 bits per heavy atom. The number of likely N-dealkylation sites (tertiary alicyclic amines) is 1. The Kier molecular flexibility index (Phi) is 9.11. The van der Waals surface area contributed by atoms with Gasteiger partial charge in [0.25, 0.3) is 0 Å². The third kappa shape index (κ3) is 7.69. The minimum absolute atomic E-state index is 0.0294. The van der Waals surface area contributed by atoms with E-state index in [9.17, 15) is 10.1 Å². The molecule has 3 aliphatic rings. The fraction of sp³-hybridized carbons (Fsp3) is 0.485. The molecule has 2 aromatic heterocycles. The van der Waals surface area contributed by atoms with Crippen LogP contribution in [0.25, 0.3) is 11.3 Å². The molecule has 248 valence electrons. The fourth-order valence-corrected chi connectivity index (χ4v) is 5.70. The number of hydrogen-bond acceptors (Lipinski definition) is 11. The van der Waals surface area contributed by atoms with Crippen molar-refractivity contribution >= 4 is 23.5 Å². The zero-order chi connectivity index (χ0) is 33.2. The summed E-state index contributed by atoms with van der Waals surface area (Å²) in [7, 11) is 0. The number of nitriles is 1. The molecule has 6 rings (SSSR count). The van der Waals surface area contributed by atoms with E-state index in [4.69, 9.17) is 14.2 Å². The summed E-state index contributed by atoms with van der Waals surface area (Å²) in [6.45, 7) is 9.74. The number of halogens is 2. The highest BCUT2D eigenvalue weighted by Gasteiger charge is 2.48. The van der Waals surface area contributed by atoms with Gasteiger partial charge in [0, 0.05) is 50.9 Å². The molecule has 1 amide bonds. The highest BCUT2D eigenvalue weighted by molar-refractivity contribution is 5.68. The van der Waals surface area contributed by atoms with Crippen molar-refractivity contribution in [3.8, 4) is 23.1 Å². The van der Waals surface area contributed by atoms with Gasteiger partial charge in [0.2, 0.25) is 5.95 Å². The van der Waals surface area contributed by atoms with Gasteiger partial charge >= 0.3 is 12.0 Å². The van der Waals surface area contributed by atoms with Gasteiger partial charge in [0.05, 0.1) is 48.9 Å². The molecule has 3 aromatic rings. The smallest absolute Gasteiger partial charge is 0.410 e. The molecule has 1 N–H and O–H groups in total. The van der Waals surface area contributed by atoms with Gasteiger partial charge in [-0.3, -0.25) is 4.90 Å². The highest BCUT2D eigenvalue weighted by atomic mass is 19.3. The number of nitrogens with zero attached hydrogens (tertiary/aromatic N) is 7. The zero-order valence-corrected chi connectivity index (χ0v) is 26.7. The molecule has 1 aromatic carbocycles. The van der Waals surface area contributed by atoms with Gasteiger partial charge in [-0.2, -0.15) is 5.26 Å². The van der Waals surface area contributed by atoms with E-state index in [0.29, 0.717) is 29.1 Å². The summed E-state index contributed by atoms with van der Waals surface area (Å²) in [6.07, 6.45) is 0.980. The summed E-state index contributed by atoms with van der Waals surface area (Å²) >= 11 is 0. The molecule has 12 nitrogen and oxygen atoms in total. The number of rotatable bonds is 7. The molecule has 3 saturated heterocycles.